The lowest BCUT2D eigenvalue weighted by Crippen LogP contribution is -2.41. The molecule has 98 valence electrons. The van der Waals surface area contributed by atoms with Gasteiger partial charge in [0.05, 0.1) is 6.61 Å². The van der Waals surface area contributed by atoms with Crippen LogP contribution in [0.4, 0.5) is 0 Å². The summed E-state index contributed by atoms with van der Waals surface area (Å²) in [5.41, 5.74) is 0.639. The predicted octanol–water partition coefficient (Wildman–Crippen LogP) is 2.28. The Bertz CT molecular complexity index is 374. The molecule has 0 fully saturated rings. The first-order valence-electron chi connectivity index (χ1n) is 6.21. The van der Waals surface area contributed by atoms with Crippen molar-refractivity contribution in [1.29, 1.82) is 0 Å². The SMILES string of the molecule is [B]c1ccc(OCCO[Si](C)(C)C(C)(C)C)nc1. The summed E-state index contributed by atoms with van der Waals surface area (Å²) in [7, 11) is 3.88. The van der Waals surface area contributed by atoms with Crippen molar-refractivity contribution in [1.82, 2.24) is 4.98 Å². The Labute approximate surface area is 112 Å². The van der Waals surface area contributed by atoms with E-state index in [9.17, 15) is 0 Å². The lowest BCUT2D eigenvalue weighted by Gasteiger charge is -2.36. The van der Waals surface area contributed by atoms with Gasteiger partial charge >= 0.3 is 0 Å². The number of rotatable bonds is 5. The average Bonchev–Trinajstić information content (AvgIpc) is 2.25. The van der Waals surface area contributed by atoms with E-state index < -0.39 is 8.32 Å². The van der Waals surface area contributed by atoms with Crippen LogP contribution in [0.5, 0.6) is 5.88 Å². The van der Waals surface area contributed by atoms with E-state index >= 15 is 0 Å². The van der Waals surface area contributed by atoms with Gasteiger partial charge in [-0.1, -0.05) is 32.3 Å². The third-order valence-corrected chi connectivity index (χ3v) is 7.90. The van der Waals surface area contributed by atoms with Gasteiger partial charge in [0, 0.05) is 6.20 Å². The standard InChI is InChI=1S/C13H22BNO2Si/c1-13(2,3)18(4,5)17-9-8-16-12-7-6-11(14)10-15-12/h6-7,10H,8-9H2,1-5H3. The van der Waals surface area contributed by atoms with Crippen LogP contribution in [0.3, 0.4) is 0 Å². The molecule has 3 nitrogen and oxygen atoms in total. The van der Waals surface area contributed by atoms with Gasteiger partial charge in [-0.3, -0.25) is 0 Å². The maximum absolute atomic E-state index is 6.00. The minimum atomic E-state index is -1.67. The summed E-state index contributed by atoms with van der Waals surface area (Å²) in [5.74, 6) is 0.586. The highest BCUT2D eigenvalue weighted by atomic mass is 28.4. The zero-order valence-corrected chi connectivity index (χ0v) is 13.0. The number of nitrogens with zero attached hydrogens (tertiary/aromatic N) is 1. The molecule has 0 bridgehead atoms. The van der Waals surface area contributed by atoms with Crippen LogP contribution in [0.15, 0.2) is 18.3 Å². The van der Waals surface area contributed by atoms with Gasteiger partial charge < -0.3 is 9.16 Å². The number of hydrogen-bond acceptors (Lipinski definition) is 3. The van der Waals surface area contributed by atoms with Crippen LogP contribution in [0.1, 0.15) is 20.8 Å². The van der Waals surface area contributed by atoms with Crippen molar-refractivity contribution < 1.29 is 9.16 Å². The topological polar surface area (TPSA) is 31.4 Å². The van der Waals surface area contributed by atoms with Crippen LogP contribution < -0.4 is 10.2 Å². The van der Waals surface area contributed by atoms with Crippen molar-refractivity contribution in [3.05, 3.63) is 18.3 Å². The van der Waals surface area contributed by atoms with Crippen LogP contribution in [0, 0.1) is 0 Å². The van der Waals surface area contributed by atoms with Gasteiger partial charge in [0.25, 0.3) is 0 Å². The highest BCUT2D eigenvalue weighted by molar-refractivity contribution is 6.74. The van der Waals surface area contributed by atoms with E-state index in [0.29, 0.717) is 24.6 Å². The summed E-state index contributed by atoms with van der Waals surface area (Å²) in [6.45, 7) is 12.2. The highest BCUT2D eigenvalue weighted by Gasteiger charge is 2.36. The van der Waals surface area contributed by atoms with E-state index in [1.165, 1.54) is 0 Å². The third-order valence-electron chi connectivity index (χ3n) is 3.36. The molecule has 0 spiro atoms. The Balaban J connectivity index is 2.33. The second-order valence-electron chi connectivity index (χ2n) is 5.89. The van der Waals surface area contributed by atoms with Crippen LogP contribution >= 0.6 is 0 Å². The van der Waals surface area contributed by atoms with E-state index in [1.54, 1.807) is 18.3 Å². The van der Waals surface area contributed by atoms with Gasteiger partial charge in [-0.2, -0.15) is 0 Å². The fourth-order valence-electron chi connectivity index (χ4n) is 1.14. The van der Waals surface area contributed by atoms with Gasteiger partial charge in [-0.25, -0.2) is 4.98 Å². The summed E-state index contributed by atoms with van der Waals surface area (Å²) in [4.78, 5) is 4.07. The molecule has 0 amide bonds. The van der Waals surface area contributed by atoms with Crippen LogP contribution in [0.25, 0.3) is 0 Å². The Kier molecular flexibility index (Phi) is 4.99. The van der Waals surface area contributed by atoms with Gasteiger partial charge in [-0.15, -0.1) is 0 Å². The van der Waals surface area contributed by atoms with Gasteiger partial charge in [0.2, 0.25) is 5.88 Å². The van der Waals surface area contributed by atoms with Crippen molar-refractivity contribution in [2.75, 3.05) is 13.2 Å². The Morgan fingerprint density at radius 3 is 2.39 bits per heavy atom. The van der Waals surface area contributed by atoms with Gasteiger partial charge in [-0.05, 0) is 24.2 Å². The van der Waals surface area contributed by atoms with Gasteiger partial charge in [0.15, 0.2) is 8.32 Å². The van der Waals surface area contributed by atoms with E-state index in [2.05, 4.69) is 38.8 Å². The van der Waals surface area contributed by atoms with E-state index in [-0.39, 0.29) is 5.04 Å². The predicted molar refractivity (Wildman–Crippen MR) is 78.3 cm³/mol. The first-order chi connectivity index (χ1) is 8.22. The molecule has 1 heterocycles. The number of aromatic nitrogens is 1. The second-order valence-corrected chi connectivity index (χ2v) is 10.7. The summed E-state index contributed by atoms with van der Waals surface area (Å²) in [6.07, 6.45) is 1.59. The van der Waals surface area contributed by atoms with E-state index in [4.69, 9.17) is 17.0 Å². The molecule has 1 aromatic rings. The fraction of sp³-hybridized carbons (Fsp3) is 0.615. The summed E-state index contributed by atoms with van der Waals surface area (Å²) in [6, 6.07) is 3.54. The first-order valence-corrected chi connectivity index (χ1v) is 9.11. The summed E-state index contributed by atoms with van der Waals surface area (Å²) in [5, 5.41) is 0.229. The van der Waals surface area contributed by atoms with Crippen LogP contribution in [-0.4, -0.2) is 34.4 Å². The molecular formula is C13H22BNO2Si. The molecule has 2 radical (unpaired) electrons. The molecule has 1 aromatic heterocycles. The van der Waals surface area contributed by atoms with Crippen molar-refractivity contribution in [3.63, 3.8) is 0 Å². The normalized spacial score (nSPS) is 12.5. The maximum Gasteiger partial charge on any atom is 0.213 e. The maximum atomic E-state index is 6.00. The van der Waals surface area contributed by atoms with Crippen LogP contribution in [0.2, 0.25) is 18.1 Å². The monoisotopic (exact) mass is 263 g/mol. The van der Waals surface area contributed by atoms with E-state index in [0.717, 1.165) is 0 Å². The Hall–Kier alpha value is -0.808. The van der Waals surface area contributed by atoms with Gasteiger partial charge in [0.1, 0.15) is 14.5 Å². The molecule has 0 saturated heterocycles. The van der Waals surface area contributed by atoms with Crippen molar-refractivity contribution >= 4 is 21.6 Å². The van der Waals surface area contributed by atoms with Crippen molar-refractivity contribution in [2.24, 2.45) is 0 Å². The van der Waals surface area contributed by atoms with E-state index in [1.807, 2.05) is 0 Å². The summed E-state index contributed by atoms with van der Waals surface area (Å²) >= 11 is 0. The Morgan fingerprint density at radius 2 is 1.89 bits per heavy atom. The second kappa shape index (κ2) is 5.89. The molecule has 18 heavy (non-hydrogen) atoms. The molecular weight excluding hydrogens is 241 g/mol. The minimum absolute atomic E-state index is 0.229. The Morgan fingerprint density at radius 1 is 1.22 bits per heavy atom. The molecule has 5 heteroatoms. The molecule has 0 atom stereocenters. The van der Waals surface area contributed by atoms with Crippen LogP contribution in [-0.2, 0) is 4.43 Å². The molecule has 0 aliphatic carbocycles. The lowest BCUT2D eigenvalue weighted by atomic mass is 9.99. The zero-order chi connectivity index (χ0) is 13.8. The molecule has 0 N–H and O–H groups in total. The number of ether oxygens (including phenoxy) is 1. The summed E-state index contributed by atoms with van der Waals surface area (Å²) < 4.78 is 11.5. The lowest BCUT2D eigenvalue weighted by molar-refractivity contribution is 0.199. The molecule has 1 rings (SSSR count). The molecule has 0 aliphatic rings. The third kappa shape index (κ3) is 4.46. The largest absolute Gasteiger partial charge is 0.475 e. The number of pyridine rings is 1. The first kappa shape index (κ1) is 15.2. The van der Waals surface area contributed by atoms with Crippen molar-refractivity contribution in [3.8, 4) is 5.88 Å². The van der Waals surface area contributed by atoms with Crippen molar-refractivity contribution in [2.45, 2.75) is 38.9 Å². The highest BCUT2D eigenvalue weighted by Crippen LogP contribution is 2.36. The number of hydrogen-bond donors (Lipinski definition) is 0. The molecule has 0 aliphatic heterocycles. The zero-order valence-electron chi connectivity index (χ0n) is 12.0. The molecule has 0 aromatic carbocycles. The fourth-order valence-corrected chi connectivity index (χ4v) is 2.16. The smallest absolute Gasteiger partial charge is 0.213 e. The molecule has 0 unspecified atom stereocenters. The average molecular weight is 263 g/mol. The molecule has 0 saturated carbocycles. The minimum Gasteiger partial charge on any atom is -0.475 e. The quantitative estimate of drug-likeness (QED) is 0.603.